The smallest absolute Gasteiger partial charge is 0.317 e. The van der Waals surface area contributed by atoms with Gasteiger partial charge in [0.05, 0.1) is 0 Å². The molecule has 1 atom stereocenters. The zero-order chi connectivity index (χ0) is 16.0. The number of hydrogen-bond donors (Lipinski definition) is 2. The third-order valence-corrected chi connectivity index (χ3v) is 4.21. The van der Waals surface area contributed by atoms with Crippen LogP contribution in [-0.2, 0) is 4.79 Å². The molecular formula is C16H30N2O3. The van der Waals surface area contributed by atoms with Crippen LogP contribution in [0.5, 0.6) is 0 Å². The molecule has 122 valence electrons. The molecule has 5 nitrogen and oxygen atoms in total. The van der Waals surface area contributed by atoms with Crippen LogP contribution in [-0.4, -0.2) is 41.6 Å². The number of nitrogens with zero attached hydrogens (tertiary/aromatic N) is 1. The lowest BCUT2D eigenvalue weighted by Gasteiger charge is -2.37. The monoisotopic (exact) mass is 298 g/mol. The van der Waals surface area contributed by atoms with E-state index in [0.717, 1.165) is 32.4 Å². The van der Waals surface area contributed by atoms with Gasteiger partial charge in [-0.3, -0.25) is 4.79 Å². The average Bonchev–Trinajstić information content (AvgIpc) is 2.34. The summed E-state index contributed by atoms with van der Waals surface area (Å²) in [5.74, 6) is -0.357. The Balaban J connectivity index is 2.40. The molecule has 5 heteroatoms. The maximum Gasteiger partial charge on any atom is 0.317 e. The van der Waals surface area contributed by atoms with Gasteiger partial charge in [0.1, 0.15) is 0 Å². The van der Waals surface area contributed by atoms with Crippen molar-refractivity contribution in [1.82, 2.24) is 10.2 Å². The molecule has 21 heavy (non-hydrogen) atoms. The summed E-state index contributed by atoms with van der Waals surface area (Å²) in [4.78, 5) is 24.9. The highest BCUT2D eigenvalue weighted by molar-refractivity contribution is 5.74. The predicted molar refractivity (Wildman–Crippen MR) is 83.2 cm³/mol. The number of carbonyl (C=O) groups excluding carboxylic acids is 1. The zero-order valence-corrected chi connectivity index (χ0v) is 13.8. The average molecular weight is 298 g/mol. The van der Waals surface area contributed by atoms with Crippen molar-refractivity contribution in [2.24, 2.45) is 17.3 Å². The van der Waals surface area contributed by atoms with Crippen molar-refractivity contribution in [3.8, 4) is 0 Å². The Hall–Kier alpha value is -1.26. The van der Waals surface area contributed by atoms with Gasteiger partial charge in [-0.05, 0) is 36.5 Å². The van der Waals surface area contributed by atoms with E-state index in [9.17, 15) is 9.59 Å². The Morgan fingerprint density at radius 3 is 2.29 bits per heavy atom. The summed E-state index contributed by atoms with van der Waals surface area (Å²) < 4.78 is 0. The van der Waals surface area contributed by atoms with Gasteiger partial charge in [0.15, 0.2) is 0 Å². The van der Waals surface area contributed by atoms with Gasteiger partial charge in [-0.1, -0.05) is 27.7 Å². The maximum absolute atomic E-state index is 12.2. The second kappa shape index (κ2) is 7.66. The number of aliphatic carboxylic acids is 1. The number of urea groups is 1. The molecular weight excluding hydrogens is 268 g/mol. The minimum absolute atomic E-state index is 0.00711. The SMILES string of the molecule is CC(C)C[C@H](CNC(=O)N1CCC(C)(C)CC1)CC(=O)O. The number of carbonyl (C=O) groups is 2. The summed E-state index contributed by atoms with van der Waals surface area (Å²) in [6.45, 7) is 10.6. The minimum atomic E-state index is -0.797. The number of rotatable bonds is 6. The van der Waals surface area contributed by atoms with Gasteiger partial charge in [-0.25, -0.2) is 4.79 Å². The molecule has 0 saturated carbocycles. The topological polar surface area (TPSA) is 69.6 Å². The van der Waals surface area contributed by atoms with Crippen molar-refractivity contribution in [3.05, 3.63) is 0 Å². The quantitative estimate of drug-likeness (QED) is 0.792. The van der Waals surface area contributed by atoms with E-state index >= 15 is 0 Å². The molecule has 1 rings (SSSR count). The van der Waals surface area contributed by atoms with E-state index in [4.69, 9.17) is 5.11 Å². The largest absolute Gasteiger partial charge is 0.481 e. The molecule has 0 aliphatic carbocycles. The standard InChI is InChI=1S/C16H30N2O3/c1-12(2)9-13(10-14(19)20)11-17-15(21)18-7-5-16(3,4)6-8-18/h12-13H,5-11H2,1-4H3,(H,17,21)(H,19,20)/t13-/m0/s1. The minimum Gasteiger partial charge on any atom is -0.481 e. The van der Waals surface area contributed by atoms with Gasteiger partial charge in [0.2, 0.25) is 0 Å². The summed E-state index contributed by atoms with van der Waals surface area (Å²) in [6, 6.07) is -0.0513. The fourth-order valence-corrected chi connectivity index (χ4v) is 2.81. The number of nitrogens with one attached hydrogen (secondary N) is 1. The Morgan fingerprint density at radius 1 is 1.24 bits per heavy atom. The molecule has 1 saturated heterocycles. The van der Waals surface area contributed by atoms with Crippen LogP contribution in [0.25, 0.3) is 0 Å². The first kappa shape index (κ1) is 17.8. The van der Waals surface area contributed by atoms with E-state index in [0.29, 0.717) is 17.9 Å². The van der Waals surface area contributed by atoms with E-state index in [1.54, 1.807) is 0 Å². The molecule has 0 bridgehead atoms. The number of piperidine rings is 1. The van der Waals surface area contributed by atoms with Crippen molar-refractivity contribution >= 4 is 12.0 Å². The zero-order valence-electron chi connectivity index (χ0n) is 13.8. The number of hydrogen-bond acceptors (Lipinski definition) is 2. The van der Waals surface area contributed by atoms with E-state index in [2.05, 4.69) is 33.0 Å². The Kier molecular flexibility index (Phi) is 6.49. The number of carboxylic acid groups (broad SMARTS) is 1. The first-order chi connectivity index (χ1) is 9.69. The summed E-state index contributed by atoms with van der Waals surface area (Å²) in [6.07, 6.45) is 2.97. The molecule has 1 aliphatic heterocycles. The van der Waals surface area contributed by atoms with Crippen LogP contribution in [0, 0.1) is 17.3 Å². The van der Waals surface area contributed by atoms with Crippen molar-refractivity contribution < 1.29 is 14.7 Å². The lowest BCUT2D eigenvalue weighted by molar-refractivity contribution is -0.138. The summed E-state index contributed by atoms with van der Waals surface area (Å²) >= 11 is 0. The number of carboxylic acids is 1. The van der Waals surface area contributed by atoms with Crippen LogP contribution in [0.15, 0.2) is 0 Å². The van der Waals surface area contributed by atoms with Gasteiger partial charge in [0.25, 0.3) is 0 Å². The van der Waals surface area contributed by atoms with E-state index in [-0.39, 0.29) is 18.4 Å². The van der Waals surface area contributed by atoms with E-state index in [1.807, 2.05) is 4.90 Å². The molecule has 1 aliphatic rings. The molecule has 0 aromatic carbocycles. The van der Waals surface area contributed by atoms with Crippen molar-refractivity contribution in [3.63, 3.8) is 0 Å². The molecule has 0 radical (unpaired) electrons. The Labute approximate surface area is 128 Å². The fraction of sp³-hybridized carbons (Fsp3) is 0.875. The Bertz CT molecular complexity index is 357. The molecule has 0 unspecified atom stereocenters. The lowest BCUT2D eigenvalue weighted by atomic mass is 9.83. The van der Waals surface area contributed by atoms with Crippen LogP contribution < -0.4 is 5.32 Å². The van der Waals surface area contributed by atoms with Crippen molar-refractivity contribution in [2.75, 3.05) is 19.6 Å². The lowest BCUT2D eigenvalue weighted by Crippen LogP contribution is -2.47. The van der Waals surface area contributed by atoms with Crippen molar-refractivity contribution in [2.45, 2.75) is 53.4 Å². The molecule has 1 fully saturated rings. The van der Waals surface area contributed by atoms with Crippen LogP contribution in [0.4, 0.5) is 4.79 Å². The van der Waals surface area contributed by atoms with Crippen LogP contribution >= 0.6 is 0 Å². The number of amides is 2. The molecule has 1 heterocycles. The van der Waals surface area contributed by atoms with Gasteiger partial charge < -0.3 is 15.3 Å². The van der Waals surface area contributed by atoms with Gasteiger partial charge in [0, 0.05) is 26.1 Å². The first-order valence-electron chi connectivity index (χ1n) is 7.94. The van der Waals surface area contributed by atoms with Gasteiger partial charge in [-0.15, -0.1) is 0 Å². The molecule has 2 amide bonds. The third-order valence-electron chi connectivity index (χ3n) is 4.21. The number of likely N-dealkylation sites (tertiary alicyclic amines) is 1. The Morgan fingerprint density at radius 2 is 1.81 bits per heavy atom. The maximum atomic E-state index is 12.2. The van der Waals surface area contributed by atoms with Gasteiger partial charge >= 0.3 is 12.0 Å². The summed E-state index contributed by atoms with van der Waals surface area (Å²) in [5, 5.41) is 11.9. The van der Waals surface area contributed by atoms with Crippen LogP contribution in [0.1, 0.15) is 53.4 Å². The molecule has 2 N–H and O–H groups in total. The van der Waals surface area contributed by atoms with Crippen molar-refractivity contribution in [1.29, 1.82) is 0 Å². The van der Waals surface area contributed by atoms with Gasteiger partial charge in [-0.2, -0.15) is 0 Å². The normalized spacial score (nSPS) is 19.4. The second-order valence-corrected chi connectivity index (χ2v) is 7.43. The van der Waals surface area contributed by atoms with E-state index < -0.39 is 5.97 Å². The molecule has 0 aromatic rings. The highest BCUT2D eigenvalue weighted by atomic mass is 16.4. The van der Waals surface area contributed by atoms with E-state index in [1.165, 1.54) is 0 Å². The molecule has 0 spiro atoms. The summed E-state index contributed by atoms with van der Waals surface area (Å²) in [7, 11) is 0. The van der Waals surface area contributed by atoms with Crippen LogP contribution in [0.2, 0.25) is 0 Å². The second-order valence-electron chi connectivity index (χ2n) is 7.43. The highest BCUT2D eigenvalue weighted by Crippen LogP contribution is 2.29. The van der Waals surface area contributed by atoms with Crippen LogP contribution in [0.3, 0.4) is 0 Å². The fourth-order valence-electron chi connectivity index (χ4n) is 2.81. The molecule has 0 aromatic heterocycles. The highest BCUT2D eigenvalue weighted by Gasteiger charge is 2.28. The predicted octanol–water partition coefficient (Wildman–Crippen LogP) is 2.96. The first-order valence-corrected chi connectivity index (χ1v) is 7.94. The summed E-state index contributed by atoms with van der Waals surface area (Å²) in [5.41, 5.74) is 0.320. The third kappa shape index (κ3) is 6.82.